The molecule has 9 heavy (non-hydrogen) atoms. The average Bonchev–Trinajstić information content (AvgIpc) is 2.45. The molecule has 1 spiro atoms. The van der Waals surface area contributed by atoms with Crippen LogP contribution in [0.25, 0.3) is 0 Å². The maximum atomic E-state index is 5.17. The van der Waals surface area contributed by atoms with Crippen LogP contribution in [0.1, 0.15) is 0 Å². The van der Waals surface area contributed by atoms with Crippen molar-refractivity contribution in [1.82, 2.24) is 4.72 Å². The van der Waals surface area contributed by atoms with Gasteiger partial charge in [0.2, 0.25) is 0 Å². The lowest BCUT2D eigenvalue weighted by molar-refractivity contribution is 0.304. The maximum absolute atomic E-state index is 5.17. The molecule has 0 bridgehead atoms. The summed E-state index contributed by atoms with van der Waals surface area (Å²) in [4.78, 5) is 0. The van der Waals surface area contributed by atoms with Crippen LogP contribution in [0, 0.1) is 0 Å². The molecule has 52 valence electrons. The highest BCUT2D eigenvalue weighted by molar-refractivity contribution is 8.20. The molecule has 0 amide bonds. The van der Waals surface area contributed by atoms with Crippen molar-refractivity contribution < 1.29 is 12.5 Å². The minimum Gasteiger partial charge on any atom is -0.388 e. The molecule has 0 atom stereocenters. The Morgan fingerprint density at radius 1 is 1.33 bits per heavy atom. The summed E-state index contributed by atoms with van der Waals surface area (Å²) < 4.78 is 18.2. The molecule has 4 nitrogen and oxygen atoms in total. The van der Waals surface area contributed by atoms with Gasteiger partial charge in [0.15, 0.2) is 0 Å². The summed E-state index contributed by atoms with van der Waals surface area (Å²) in [5, 5.41) is 0. The van der Waals surface area contributed by atoms with Crippen molar-refractivity contribution in [2.75, 3.05) is 13.2 Å². The van der Waals surface area contributed by atoms with Gasteiger partial charge in [0.25, 0.3) is 11.1 Å². The molecule has 2 aliphatic rings. The lowest BCUT2D eigenvalue weighted by atomic mass is 10.8. The van der Waals surface area contributed by atoms with Crippen LogP contribution in [0.15, 0.2) is 12.5 Å². The average molecular weight is 149 g/mol. The molecule has 0 saturated carbocycles. The molecular weight excluding hydrogens is 142 g/mol. The lowest BCUT2D eigenvalue weighted by Gasteiger charge is -2.23. The highest BCUT2D eigenvalue weighted by atomic mass is 32.3. The summed E-state index contributed by atoms with van der Waals surface area (Å²) >= 11 is -1.79. The zero-order chi connectivity index (χ0) is 6.16. The van der Waals surface area contributed by atoms with E-state index in [9.17, 15) is 0 Å². The van der Waals surface area contributed by atoms with E-state index in [1.54, 1.807) is 0 Å². The summed E-state index contributed by atoms with van der Waals surface area (Å²) in [6.07, 6.45) is 2.99. The standard InChI is InChI=1S/C4H7NO3S/c1-2-6-9(5-1)7-3-4-8-9/h3-5H,1-2H2. The van der Waals surface area contributed by atoms with Crippen LogP contribution in [-0.2, 0) is 12.5 Å². The van der Waals surface area contributed by atoms with Crippen molar-refractivity contribution in [1.29, 1.82) is 0 Å². The molecule has 1 saturated heterocycles. The van der Waals surface area contributed by atoms with Gasteiger partial charge in [-0.3, -0.25) is 4.18 Å². The van der Waals surface area contributed by atoms with Gasteiger partial charge in [-0.15, -0.1) is 0 Å². The second kappa shape index (κ2) is 1.80. The van der Waals surface area contributed by atoms with Gasteiger partial charge in [0.05, 0.1) is 6.61 Å². The van der Waals surface area contributed by atoms with Crippen molar-refractivity contribution in [2.45, 2.75) is 0 Å². The molecular formula is C4H7NO3S. The molecule has 2 aliphatic heterocycles. The highest BCUT2D eigenvalue weighted by Gasteiger charge is 2.35. The molecule has 2 heterocycles. The first-order valence-corrected chi connectivity index (χ1v) is 4.06. The third-order valence-corrected chi connectivity index (χ3v) is 2.80. The normalized spacial score (nSPS) is 32.0. The van der Waals surface area contributed by atoms with Gasteiger partial charge in [-0.2, -0.15) is 4.72 Å². The summed E-state index contributed by atoms with van der Waals surface area (Å²) in [7, 11) is 0. The van der Waals surface area contributed by atoms with E-state index in [1.165, 1.54) is 12.5 Å². The fraction of sp³-hybridized carbons (Fsp3) is 0.500. The van der Waals surface area contributed by atoms with Gasteiger partial charge in [0.1, 0.15) is 12.5 Å². The van der Waals surface area contributed by atoms with Crippen molar-refractivity contribution in [3.8, 4) is 0 Å². The van der Waals surface area contributed by atoms with Crippen LogP contribution in [-0.4, -0.2) is 13.2 Å². The number of rotatable bonds is 0. The molecule has 0 unspecified atom stereocenters. The van der Waals surface area contributed by atoms with Crippen LogP contribution >= 0.6 is 11.1 Å². The van der Waals surface area contributed by atoms with Crippen molar-refractivity contribution in [2.24, 2.45) is 0 Å². The van der Waals surface area contributed by atoms with Gasteiger partial charge < -0.3 is 8.37 Å². The Morgan fingerprint density at radius 3 is 2.67 bits per heavy atom. The fourth-order valence-electron chi connectivity index (χ4n) is 0.698. The van der Waals surface area contributed by atoms with E-state index in [4.69, 9.17) is 12.5 Å². The smallest absolute Gasteiger partial charge is 0.256 e. The monoisotopic (exact) mass is 149 g/mol. The summed E-state index contributed by atoms with van der Waals surface area (Å²) in [6.45, 7) is 1.47. The fourth-order valence-corrected chi connectivity index (χ4v) is 2.09. The minimum atomic E-state index is -1.79. The lowest BCUT2D eigenvalue weighted by Crippen LogP contribution is -2.13. The molecule has 0 radical (unpaired) electrons. The van der Waals surface area contributed by atoms with E-state index < -0.39 is 11.1 Å². The minimum absolute atomic E-state index is 0.664. The van der Waals surface area contributed by atoms with Gasteiger partial charge in [-0.1, -0.05) is 0 Å². The second-order valence-electron chi connectivity index (χ2n) is 1.64. The summed E-state index contributed by atoms with van der Waals surface area (Å²) in [5.41, 5.74) is 0. The third kappa shape index (κ3) is 0.772. The Morgan fingerprint density at radius 2 is 2.11 bits per heavy atom. The van der Waals surface area contributed by atoms with Gasteiger partial charge in [-0.05, 0) is 0 Å². The molecule has 0 aromatic rings. The second-order valence-corrected chi connectivity index (χ2v) is 3.45. The van der Waals surface area contributed by atoms with E-state index in [1.807, 2.05) is 0 Å². The molecule has 5 heteroatoms. The Labute approximate surface area is 54.8 Å². The maximum Gasteiger partial charge on any atom is 0.256 e. The first kappa shape index (κ1) is 5.40. The zero-order valence-corrected chi connectivity index (χ0v) is 5.52. The predicted molar refractivity (Wildman–Crippen MR) is 32.9 cm³/mol. The predicted octanol–water partition coefficient (Wildman–Crippen LogP) is 0.589. The Kier molecular flexibility index (Phi) is 1.08. The zero-order valence-electron chi connectivity index (χ0n) is 4.70. The highest BCUT2D eigenvalue weighted by Crippen LogP contribution is 2.53. The van der Waals surface area contributed by atoms with E-state index >= 15 is 0 Å². The van der Waals surface area contributed by atoms with Crippen LogP contribution in [0.5, 0.6) is 0 Å². The number of nitrogens with one attached hydrogen (secondary N) is 1. The molecule has 1 N–H and O–H groups in total. The SMILES string of the molecule is C1=COS2(NCCO2)O1. The topological polar surface area (TPSA) is 39.7 Å². The first-order chi connectivity index (χ1) is 4.41. The van der Waals surface area contributed by atoms with Crippen molar-refractivity contribution in [3.63, 3.8) is 0 Å². The molecule has 0 aliphatic carbocycles. The van der Waals surface area contributed by atoms with Crippen LogP contribution in [0.2, 0.25) is 0 Å². The number of hydrogen-bond acceptors (Lipinski definition) is 4. The quantitative estimate of drug-likeness (QED) is 0.547. The van der Waals surface area contributed by atoms with E-state index in [2.05, 4.69) is 4.72 Å². The Balaban J connectivity index is 2.07. The van der Waals surface area contributed by atoms with E-state index in [-0.39, 0.29) is 0 Å². The summed E-state index contributed by atoms with van der Waals surface area (Å²) in [5.74, 6) is 0. The summed E-state index contributed by atoms with van der Waals surface area (Å²) in [6, 6.07) is 0. The van der Waals surface area contributed by atoms with Crippen LogP contribution in [0.4, 0.5) is 0 Å². The first-order valence-electron chi connectivity index (χ1n) is 2.65. The van der Waals surface area contributed by atoms with Crippen molar-refractivity contribution in [3.05, 3.63) is 12.5 Å². The molecule has 2 rings (SSSR count). The van der Waals surface area contributed by atoms with Gasteiger partial charge in [0, 0.05) is 6.54 Å². The molecule has 0 aromatic carbocycles. The van der Waals surface area contributed by atoms with Gasteiger partial charge >= 0.3 is 0 Å². The largest absolute Gasteiger partial charge is 0.388 e. The Bertz CT molecular complexity index is 133. The van der Waals surface area contributed by atoms with Gasteiger partial charge in [-0.25, -0.2) is 0 Å². The molecule has 1 fully saturated rings. The van der Waals surface area contributed by atoms with E-state index in [0.717, 1.165) is 6.54 Å². The molecule has 0 aromatic heterocycles. The Hall–Kier alpha value is -0.390. The van der Waals surface area contributed by atoms with Crippen LogP contribution < -0.4 is 4.72 Å². The van der Waals surface area contributed by atoms with Crippen molar-refractivity contribution >= 4 is 11.1 Å². The van der Waals surface area contributed by atoms with E-state index in [0.29, 0.717) is 6.61 Å². The third-order valence-electron chi connectivity index (χ3n) is 1.04. The number of hydrogen-bond donors (Lipinski definition) is 1. The van der Waals surface area contributed by atoms with Crippen LogP contribution in [0.3, 0.4) is 0 Å².